The van der Waals surface area contributed by atoms with Crippen LogP contribution in [0.15, 0.2) is 60.7 Å². The molecule has 0 aliphatic rings. The minimum absolute atomic E-state index is 0.813. The molecule has 0 aliphatic heterocycles. The van der Waals surface area contributed by atoms with Gasteiger partial charge in [0.05, 0.1) is 0 Å². The minimum atomic E-state index is 0.813. The van der Waals surface area contributed by atoms with Gasteiger partial charge < -0.3 is 11.5 Å². The molecule has 0 spiro atoms. The Morgan fingerprint density at radius 3 is 1.27 bits per heavy atom. The number of hydrogen-bond acceptors (Lipinski definition) is 2. The van der Waals surface area contributed by atoms with Gasteiger partial charge in [-0.2, -0.15) is 0 Å². The van der Waals surface area contributed by atoms with Crippen LogP contribution in [0.4, 0.5) is 11.4 Å². The van der Waals surface area contributed by atoms with Crippen LogP contribution in [0, 0.1) is 0 Å². The van der Waals surface area contributed by atoms with Gasteiger partial charge in [0.2, 0.25) is 0 Å². The first kappa shape index (κ1) is 11.6. The second-order valence-electron chi connectivity index (χ2n) is 5.86. The molecule has 22 heavy (non-hydrogen) atoms. The third kappa shape index (κ3) is 1.25. The van der Waals surface area contributed by atoms with Gasteiger partial charge in [0.1, 0.15) is 0 Å². The molecular formula is C20H14N2. The molecule has 0 aromatic heterocycles. The molecule has 0 unspecified atom stereocenters. The maximum absolute atomic E-state index is 6.22. The summed E-state index contributed by atoms with van der Waals surface area (Å²) in [5.41, 5.74) is 14.1. The smallest absolute Gasteiger partial charge is 0.0394 e. The van der Waals surface area contributed by atoms with Crippen LogP contribution in [0.1, 0.15) is 0 Å². The van der Waals surface area contributed by atoms with E-state index in [0.717, 1.165) is 22.1 Å². The van der Waals surface area contributed by atoms with Gasteiger partial charge in [-0.1, -0.05) is 48.5 Å². The molecule has 5 aromatic carbocycles. The van der Waals surface area contributed by atoms with Crippen molar-refractivity contribution in [3.05, 3.63) is 60.7 Å². The lowest BCUT2D eigenvalue weighted by atomic mass is 9.88. The molecule has 0 bridgehead atoms. The zero-order valence-corrected chi connectivity index (χ0v) is 11.9. The largest absolute Gasteiger partial charge is 0.398 e. The minimum Gasteiger partial charge on any atom is -0.398 e. The Morgan fingerprint density at radius 2 is 0.818 bits per heavy atom. The van der Waals surface area contributed by atoms with Crippen LogP contribution >= 0.6 is 0 Å². The summed E-state index contributed by atoms with van der Waals surface area (Å²) in [6.45, 7) is 0. The van der Waals surface area contributed by atoms with Gasteiger partial charge in [-0.25, -0.2) is 0 Å². The molecule has 0 radical (unpaired) electrons. The predicted molar refractivity (Wildman–Crippen MR) is 96.5 cm³/mol. The SMILES string of the molecule is Nc1ccc2c3ccccc3c3ccc(N)c4ccc1c2c43. The molecule has 4 N–H and O–H groups in total. The average Bonchev–Trinajstić information content (AvgIpc) is 2.56. The third-order valence-corrected chi connectivity index (χ3v) is 4.73. The summed E-state index contributed by atoms with van der Waals surface area (Å²) < 4.78 is 0. The molecule has 2 nitrogen and oxygen atoms in total. The first-order valence-electron chi connectivity index (χ1n) is 7.39. The Bertz CT molecular complexity index is 1090. The van der Waals surface area contributed by atoms with E-state index in [1.807, 2.05) is 12.1 Å². The van der Waals surface area contributed by atoms with Crippen LogP contribution in [0.2, 0.25) is 0 Å². The van der Waals surface area contributed by atoms with E-state index in [1.165, 1.54) is 32.3 Å². The van der Waals surface area contributed by atoms with E-state index in [9.17, 15) is 0 Å². The van der Waals surface area contributed by atoms with Crippen LogP contribution in [0.3, 0.4) is 0 Å². The first-order chi connectivity index (χ1) is 10.8. The number of hydrogen-bond donors (Lipinski definition) is 2. The number of benzene rings is 5. The zero-order valence-electron chi connectivity index (χ0n) is 11.9. The fourth-order valence-corrected chi connectivity index (χ4v) is 3.74. The van der Waals surface area contributed by atoms with E-state index < -0.39 is 0 Å². The summed E-state index contributed by atoms with van der Waals surface area (Å²) >= 11 is 0. The summed E-state index contributed by atoms with van der Waals surface area (Å²) in [5, 5.41) is 9.65. The Morgan fingerprint density at radius 1 is 0.409 bits per heavy atom. The zero-order chi connectivity index (χ0) is 14.8. The predicted octanol–water partition coefficient (Wildman–Crippen LogP) is 4.90. The molecule has 0 saturated carbocycles. The second-order valence-corrected chi connectivity index (χ2v) is 5.86. The maximum Gasteiger partial charge on any atom is 0.0394 e. The fourth-order valence-electron chi connectivity index (χ4n) is 3.74. The summed E-state index contributed by atoms with van der Waals surface area (Å²) in [6.07, 6.45) is 0. The Balaban J connectivity index is 2.30. The topological polar surface area (TPSA) is 52.0 Å². The van der Waals surface area contributed by atoms with Crippen LogP contribution in [-0.2, 0) is 0 Å². The van der Waals surface area contributed by atoms with Gasteiger partial charge in [-0.05, 0) is 33.7 Å². The number of nitrogen functional groups attached to an aromatic ring is 2. The van der Waals surface area contributed by atoms with Crippen molar-refractivity contribution in [2.24, 2.45) is 0 Å². The number of nitrogens with two attached hydrogens (primary N) is 2. The molecule has 0 fully saturated rings. The van der Waals surface area contributed by atoms with Gasteiger partial charge in [0.25, 0.3) is 0 Å². The van der Waals surface area contributed by atoms with Crippen molar-refractivity contribution in [2.75, 3.05) is 11.5 Å². The highest BCUT2D eigenvalue weighted by Crippen LogP contribution is 2.43. The molecule has 5 rings (SSSR count). The van der Waals surface area contributed by atoms with Gasteiger partial charge in [-0.15, -0.1) is 0 Å². The lowest BCUT2D eigenvalue weighted by molar-refractivity contribution is 1.75. The number of rotatable bonds is 0. The van der Waals surface area contributed by atoms with Crippen molar-refractivity contribution >= 4 is 54.5 Å². The quantitative estimate of drug-likeness (QED) is 0.241. The summed E-state index contributed by atoms with van der Waals surface area (Å²) in [4.78, 5) is 0. The standard InChI is InChI=1S/C20H14N2/c21-17-9-7-13-11-3-1-2-4-12(11)14-8-10-18(22)16-6-5-15(17)19(13)20(14)16/h1-10H,21-22H2. The molecule has 5 aromatic rings. The summed E-state index contributed by atoms with van der Waals surface area (Å²) in [5.74, 6) is 0. The molecular weight excluding hydrogens is 268 g/mol. The van der Waals surface area contributed by atoms with Crippen LogP contribution in [-0.4, -0.2) is 0 Å². The summed E-state index contributed by atoms with van der Waals surface area (Å²) in [7, 11) is 0. The van der Waals surface area contributed by atoms with E-state index in [0.29, 0.717) is 0 Å². The highest BCUT2D eigenvalue weighted by Gasteiger charge is 2.15. The molecule has 0 heterocycles. The van der Waals surface area contributed by atoms with Crippen molar-refractivity contribution in [1.82, 2.24) is 0 Å². The van der Waals surface area contributed by atoms with Crippen LogP contribution < -0.4 is 11.5 Å². The molecule has 0 atom stereocenters. The first-order valence-corrected chi connectivity index (χ1v) is 7.39. The lowest BCUT2D eigenvalue weighted by Gasteiger charge is -2.16. The van der Waals surface area contributed by atoms with Gasteiger partial charge >= 0.3 is 0 Å². The Labute approximate surface area is 127 Å². The van der Waals surface area contributed by atoms with Crippen molar-refractivity contribution in [2.45, 2.75) is 0 Å². The fraction of sp³-hybridized carbons (Fsp3) is 0. The van der Waals surface area contributed by atoms with Crippen LogP contribution in [0.25, 0.3) is 43.1 Å². The van der Waals surface area contributed by atoms with Crippen molar-refractivity contribution in [3.63, 3.8) is 0 Å². The van der Waals surface area contributed by atoms with E-state index in [2.05, 4.69) is 48.5 Å². The van der Waals surface area contributed by atoms with E-state index in [1.54, 1.807) is 0 Å². The Hall–Kier alpha value is -3.00. The third-order valence-electron chi connectivity index (χ3n) is 4.73. The molecule has 104 valence electrons. The maximum atomic E-state index is 6.22. The van der Waals surface area contributed by atoms with Gasteiger partial charge in [-0.3, -0.25) is 0 Å². The normalized spacial score (nSPS) is 12.0. The highest BCUT2D eigenvalue weighted by molar-refractivity contribution is 6.35. The van der Waals surface area contributed by atoms with Gasteiger partial charge in [0.15, 0.2) is 0 Å². The van der Waals surface area contributed by atoms with E-state index in [-0.39, 0.29) is 0 Å². The lowest BCUT2D eigenvalue weighted by Crippen LogP contribution is -1.94. The van der Waals surface area contributed by atoms with Crippen molar-refractivity contribution in [3.8, 4) is 0 Å². The average molecular weight is 282 g/mol. The molecule has 2 heteroatoms. The number of fused-ring (bicyclic) bond motifs is 3. The van der Waals surface area contributed by atoms with Gasteiger partial charge in [0, 0.05) is 32.9 Å². The van der Waals surface area contributed by atoms with Crippen LogP contribution in [0.5, 0.6) is 0 Å². The van der Waals surface area contributed by atoms with Crippen molar-refractivity contribution in [1.29, 1.82) is 0 Å². The number of anilines is 2. The molecule has 0 amide bonds. The summed E-state index contributed by atoms with van der Waals surface area (Å²) in [6, 6.07) is 21.0. The van der Waals surface area contributed by atoms with Crippen molar-refractivity contribution < 1.29 is 0 Å². The monoisotopic (exact) mass is 282 g/mol. The van der Waals surface area contributed by atoms with E-state index >= 15 is 0 Å². The van der Waals surface area contributed by atoms with E-state index in [4.69, 9.17) is 11.5 Å². The Kier molecular flexibility index (Phi) is 2.01. The highest BCUT2D eigenvalue weighted by atomic mass is 14.6. The second kappa shape index (κ2) is 3.80. The molecule has 0 saturated heterocycles. The molecule has 0 aliphatic carbocycles.